The van der Waals surface area contributed by atoms with Crippen molar-refractivity contribution in [2.24, 2.45) is 0 Å². The lowest BCUT2D eigenvalue weighted by atomic mass is 10.1. The number of hydrogen-bond acceptors (Lipinski definition) is 6. The summed E-state index contributed by atoms with van der Waals surface area (Å²) < 4.78 is 4.63. The topological polar surface area (TPSA) is 107 Å². The van der Waals surface area contributed by atoms with E-state index in [4.69, 9.17) is 0 Å². The van der Waals surface area contributed by atoms with Crippen LogP contribution in [0.2, 0.25) is 0 Å². The Hall–Kier alpha value is -2.37. The maximum Gasteiger partial charge on any atom is 0.338 e. The molecule has 0 unspecified atom stereocenters. The summed E-state index contributed by atoms with van der Waals surface area (Å²) in [5, 5.41) is 21.3. The lowest BCUT2D eigenvalue weighted by molar-refractivity contribution is -0.255. The molecular formula is C11H8O6-2. The smallest absolute Gasteiger partial charge is 0.338 e. The van der Waals surface area contributed by atoms with E-state index in [1.807, 2.05) is 0 Å². The van der Waals surface area contributed by atoms with Crippen molar-refractivity contribution in [3.63, 3.8) is 0 Å². The Morgan fingerprint density at radius 1 is 1.00 bits per heavy atom. The van der Waals surface area contributed by atoms with Crippen LogP contribution in [-0.4, -0.2) is 24.5 Å². The van der Waals surface area contributed by atoms with Crippen LogP contribution in [0.1, 0.15) is 38.0 Å². The molecule has 1 aromatic rings. The van der Waals surface area contributed by atoms with Crippen molar-refractivity contribution in [1.29, 1.82) is 0 Å². The van der Waals surface area contributed by atoms with Crippen LogP contribution >= 0.6 is 0 Å². The summed E-state index contributed by atoms with van der Waals surface area (Å²) in [4.78, 5) is 32.6. The molecule has 1 aromatic carbocycles. The molecule has 0 spiro atoms. The van der Waals surface area contributed by atoms with E-state index in [0.717, 1.165) is 18.2 Å². The molecule has 0 saturated heterocycles. The molecule has 0 radical (unpaired) electrons. The van der Waals surface area contributed by atoms with Crippen LogP contribution in [0.3, 0.4) is 0 Å². The van der Waals surface area contributed by atoms with Gasteiger partial charge in [0.25, 0.3) is 0 Å². The molecule has 17 heavy (non-hydrogen) atoms. The molecule has 90 valence electrons. The number of hydrogen-bond donors (Lipinski definition) is 0. The molecule has 0 saturated carbocycles. The van der Waals surface area contributed by atoms with Gasteiger partial charge in [0.05, 0.1) is 24.1 Å². The average Bonchev–Trinajstić information content (AvgIpc) is 2.28. The third kappa shape index (κ3) is 3.04. The zero-order valence-electron chi connectivity index (χ0n) is 8.89. The minimum atomic E-state index is -1.58. The SMILES string of the molecule is CCOC(=O)c1cc(C(=O)[O-])cc(C(=O)[O-])c1. The molecule has 6 nitrogen and oxygen atoms in total. The van der Waals surface area contributed by atoms with Gasteiger partial charge in [0.2, 0.25) is 0 Å². The van der Waals surface area contributed by atoms with Gasteiger partial charge in [-0.1, -0.05) is 0 Å². The molecule has 0 atom stereocenters. The van der Waals surface area contributed by atoms with E-state index in [1.54, 1.807) is 6.92 Å². The Morgan fingerprint density at radius 3 is 1.76 bits per heavy atom. The highest BCUT2D eigenvalue weighted by Gasteiger charge is 2.10. The van der Waals surface area contributed by atoms with Gasteiger partial charge in [0.1, 0.15) is 0 Å². The molecule has 0 aliphatic heterocycles. The van der Waals surface area contributed by atoms with E-state index in [-0.39, 0.29) is 12.2 Å². The normalized spacial score (nSPS) is 9.71. The number of esters is 1. The zero-order valence-corrected chi connectivity index (χ0v) is 8.89. The van der Waals surface area contributed by atoms with Crippen molar-refractivity contribution in [3.05, 3.63) is 34.9 Å². The lowest BCUT2D eigenvalue weighted by Crippen LogP contribution is -2.26. The Bertz CT molecular complexity index is 445. The average molecular weight is 236 g/mol. The quantitative estimate of drug-likeness (QED) is 0.594. The first kappa shape index (κ1) is 12.7. The first-order valence-corrected chi connectivity index (χ1v) is 4.70. The van der Waals surface area contributed by atoms with Gasteiger partial charge in [-0.3, -0.25) is 0 Å². The predicted molar refractivity (Wildman–Crippen MR) is 51.1 cm³/mol. The molecular weight excluding hydrogens is 228 g/mol. The summed E-state index contributed by atoms with van der Waals surface area (Å²) in [6.45, 7) is 1.66. The van der Waals surface area contributed by atoms with Gasteiger partial charge < -0.3 is 24.5 Å². The second kappa shape index (κ2) is 5.11. The highest BCUT2D eigenvalue weighted by molar-refractivity contribution is 5.98. The van der Waals surface area contributed by atoms with E-state index >= 15 is 0 Å². The first-order valence-electron chi connectivity index (χ1n) is 4.70. The van der Waals surface area contributed by atoms with Crippen LogP contribution in [0.25, 0.3) is 0 Å². The van der Waals surface area contributed by atoms with Crippen molar-refractivity contribution in [3.8, 4) is 0 Å². The summed E-state index contributed by atoms with van der Waals surface area (Å²) in [5.74, 6) is -3.98. The van der Waals surface area contributed by atoms with E-state index < -0.39 is 29.0 Å². The van der Waals surface area contributed by atoms with E-state index in [9.17, 15) is 24.6 Å². The van der Waals surface area contributed by atoms with Crippen LogP contribution in [0, 0.1) is 0 Å². The molecule has 0 aromatic heterocycles. The first-order chi connectivity index (χ1) is 7.95. The van der Waals surface area contributed by atoms with Gasteiger partial charge in [-0.2, -0.15) is 0 Å². The molecule has 0 fully saturated rings. The van der Waals surface area contributed by atoms with Crippen molar-refractivity contribution < 1.29 is 29.3 Å². The maximum atomic E-state index is 11.3. The van der Waals surface area contributed by atoms with Crippen LogP contribution < -0.4 is 10.2 Å². The van der Waals surface area contributed by atoms with Crippen LogP contribution in [0.4, 0.5) is 0 Å². The molecule has 0 bridgehead atoms. The number of carbonyl (C=O) groups is 3. The molecule has 0 aliphatic rings. The van der Waals surface area contributed by atoms with Gasteiger partial charge >= 0.3 is 5.97 Å². The fourth-order valence-corrected chi connectivity index (χ4v) is 1.20. The Balaban J connectivity index is 3.26. The molecule has 6 heteroatoms. The van der Waals surface area contributed by atoms with Gasteiger partial charge in [-0.25, -0.2) is 4.79 Å². The summed E-state index contributed by atoms with van der Waals surface area (Å²) in [6.07, 6.45) is 0. The number of benzene rings is 1. The van der Waals surface area contributed by atoms with Crippen LogP contribution in [0.15, 0.2) is 18.2 Å². The van der Waals surface area contributed by atoms with E-state index in [2.05, 4.69) is 4.74 Å². The Kier molecular flexibility index (Phi) is 3.82. The van der Waals surface area contributed by atoms with Crippen LogP contribution in [-0.2, 0) is 4.74 Å². The third-order valence-electron chi connectivity index (χ3n) is 1.92. The second-order valence-corrected chi connectivity index (χ2v) is 3.09. The number of carbonyl (C=O) groups excluding carboxylic acids is 3. The van der Waals surface area contributed by atoms with Gasteiger partial charge in [0.15, 0.2) is 0 Å². The zero-order chi connectivity index (χ0) is 13.0. The van der Waals surface area contributed by atoms with Crippen molar-refractivity contribution in [1.82, 2.24) is 0 Å². The number of aromatic carboxylic acids is 2. The second-order valence-electron chi connectivity index (χ2n) is 3.09. The fourth-order valence-electron chi connectivity index (χ4n) is 1.20. The highest BCUT2D eigenvalue weighted by atomic mass is 16.5. The summed E-state index contributed by atoms with van der Waals surface area (Å²) in [5.41, 5.74) is -1.02. The fraction of sp³-hybridized carbons (Fsp3) is 0.182. The number of carboxylic acid groups (broad SMARTS) is 2. The monoisotopic (exact) mass is 236 g/mol. The van der Waals surface area contributed by atoms with Crippen molar-refractivity contribution in [2.75, 3.05) is 6.61 Å². The van der Waals surface area contributed by atoms with Crippen molar-refractivity contribution in [2.45, 2.75) is 6.92 Å². The van der Waals surface area contributed by atoms with Gasteiger partial charge in [0, 0.05) is 0 Å². The summed E-state index contributed by atoms with van der Waals surface area (Å²) >= 11 is 0. The summed E-state index contributed by atoms with van der Waals surface area (Å²) in [7, 11) is 0. The molecule has 0 N–H and O–H groups in total. The molecule has 0 heterocycles. The van der Waals surface area contributed by atoms with Gasteiger partial charge in [-0.15, -0.1) is 0 Å². The number of ether oxygens (including phenoxy) is 1. The third-order valence-corrected chi connectivity index (χ3v) is 1.92. The number of rotatable bonds is 4. The summed E-state index contributed by atoms with van der Waals surface area (Å²) in [6, 6.07) is 2.83. The molecule has 0 aliphatic carbocycles. The van der Waals surface area contributed by atoms with E-state index in [1.165, 1.54) is 0 Å². The minimum absolute atomic E-state index is 0.0923. The van der Waals surface area contributed by atoms with Crippen molar-refractivity contribution >= 4 is 17.9 Å². The predicted octanol–water partition coefficient (Wildman–Crippen LogP) is -1.41. The molecule has 0 amide bonds. The minimum Gasteiger partial charge on any atom is -0.545 e. The highest BCUT2D eigenvalue weighted by Crippen LogP contribution is 2.11. The van der Waals surface area contributed by atoms with E-state index in [0.29, 0.717) is 0 Å². The van der Waals surface area contributed by atoms with Gasteiger partial charge in [-0.05, 0) is 36.2 Å². The standard InChI is InChI=1S/C11H10O6/c1-2-17-11(16)8-4-6(9(12)13)3-7(5-8)10(14)15/h3-5H,2H2,1H3,(H,12,13)(H,14,15)/p-2. The Labute approximate surface area is 96.4 Å². The Morgan fingerprint density at radius 2 is 1.41 bits per heavy atom. The lowest BCUT2D eigenvalue weighted by Gasteiger charge is -2.10. The van der Waals surface area contributed by atoms with Crippen LogP contribution in [0.5, 0.6) is 0 Å². The maximum absolute atomic E-state index is 11.3. The largest absolute Gasteiger partial charge is 0.545 e. The number of carboxylic acids is 2. The molecule has 1 rings (SSSR count).